The van der Waals surface area contributed by atoms with Gasteiger partial charge in [-0.05, 0) is 97.7 Å². The Morgan fingerprint density at radius 3 is 2.67 bits per heavy atom. The predicted octanol–water partition coefficient (Wildman–Crippen LogP) is 6.53. The Morgan fingerprint density at radius 2 is 1.93 bits per heavy atom. The second-order valence-electron chi connectivity index (χ2n) is 14.3. The number of rotatable bonds is 9. The zero-order chi connectivity index (χ0) is 30.1. The van der Waals surface area contributed by atoms with Gasteiger partial charge in [0.25, 0.3) is 5.91 Å². The number of hydrogen-bond donors (Lipinski definition) is 3. The number of amides is 1. The Balaban J connectivity index is 1.30. The first-order valence-corrected chi connectivity index (χ1v) is 16.6. The van der Waals surface area contributed by atoms with Gasteiger partial charge >= 0.3 is 0 Å². The van der Waals surface area contributed by atoms with Crippen LogP contribution in [-0.2, 0) is 11.2 Å². The SMILES string of the molecule is C=C1/C(=C\C=C2/CCC[C@]3(C)[C@@H]([C@H](C)C[C@@H]4C[C@](O)(CCC)C(=O)N4CCc4ccccc4)CC[C@@H]23)C[C@@H](O)C[C@@H]1O. The molecule has 0 radical (unpaired) electrons. The summed E-state index contributed by atoms with van der Waals surface area (Å²) in [6, 6.07) is 10.4. The number of likely N-dealkylation sites (tertiary alicyclic amines) is 1. The molecule has 1 amide bonds. The molecule has 5 rings (SSSR count). The van der Waals surface area contributed by atoms with E-state index in [1.807, 2.05) is 30.0 Å². The van der Waals surface area contributed by atoms with Crippen molar-refractivity contribution in [1.29, 1.82) is 0 Å². The van der Waals surface area contributed by atoms with Crippen LogP contribution in [0.3, 0.4) is 0 Å². The zero-order valence-corrected chi connectivity index (χ0v) is 26.1. The summed E-state index contributed by atoms with van der Waals surface area (Å²) >= 11 is 0. The average Bonchev–Trinajstić information content (AvgIpc) is 3.42. The van der Waals surface area contributed by atoms with E-state index in [1.165, 1.54) is 36.8 Å². The lowest BCUT2D eigenvalue weighted by Gasteiger charge is -2.45. The standard InChI is InChI=1S/C37H53NO4/c1-5-18-37(42)24-30(38(35(37)41)20-17-27-10-7-6-8-11-27)21-25(2)32-15-16-33-28(12-9-19-36(32,33)4)13-14-29-22-31(39)23-34(40)26(29)3/h6-8,10-11,13-14,25,30-34,39-40,42H,3,5,9,12,15-24H2,1-2,4H3/b28-13+,29-14-/t25-,30-,31-,32-,33+,34+,36-,37-/m1/s1. The van der Waals surface area contributed by atoms with Crippen molar-refractivity contribution >= 4 is 5.91 Å². The molecule has 1 saturated heterocycles. The largest absolute Gasteiger partial charge is 0.393 e. The topological polar surface area (TPSA) is 81.0 Å². The number of carbonyl (C=O) groups is 1. The van der Waals surface area contributed by atoms with Gasteiger partial charge in [0, 0.05) is 25.4 Å². The number of hydrogen-bond acceptors (Lipinski definition) is 4. The molecule has 4 fully saturated rings. The normalized spacial score (nSPS) is 38.0. The lowest BCUT2D eigenvalue weighted by molar-refractivity contribution is -0.144. The van der Waals surface area contributed by atoms with Gasteiger partial charge in [0.05, 0.1) is 12.2 Å². The van der Waals surface area contributed by atoms with Gasteiger partial charge in [0.15, 0.2) is 0 Å². The third-order valence-electron chi connectivity index (χ3n) is 11.5. The first-order valence-electron chi connectivity index (χ1n) is 16.6. The summed E-state index contributed by atoms with van der Waals surface area (Å²) in [7, 11) is 0. The van der Waals surface area contributed by atoms with Gasteiger partial charge < -0.3 is 20.2 Å². The van der Waals surface area contributed by atoms with E-state index in [2.05, 4.69) is 44.7 Å². The fourth-order valence-corrected chi connectivity index (χ4v) is 9.30. The Hall–Kier alpha value is -2.21. The van der Waals surface area contributed by atoms with Gasteiger partial charge in [0.1, 0.15) is 5.60 Å². The number of nitrogens with zero attached hydrogens (tertiary/aromatic N) is 1. The average molecular weight is 576 g/mol. The predicted molar refractivity (Wildman–Crippen MR) is 169 cm³/mol. The van der Waals surface area contributed by atoms with Crippen LogP contribution in [0.15, 0.2) is 65.8 Å². The summed E-state index contributed by atoms with van der Waals surface area (Å²) in [6.07, 6.45) is 13.7. The molecule has 5 heteroatoms. The van der Waals surface area contributed by atoms with Gasteiger partial charge in [-0.2, -0.15) is 0 Å². The maximum atomic E-state index is 13.6. The highest BCUT2D eigenvalue weighted by atomic mass is 16.3. The lowest BCUT2D eigenvalue weighted by Crippen LogP contribution is -2.42. The molecule has 8 atom stereocenters. The molecule has 1 aromatic carbocycles. The van der Waals surface area contributed by atoms with E-state index in [0.29, 0.717) is 50.0 Å². The van der Waals surface area contributed by atoms with Crippen molar-refractivity contribution in [2.24, 2.45) is 23.2 Å². The van der Waals surface area contributed by atoms with Crippen molar-refractivity contribution < 1.29 is 20.1 Å². The molecule has 3 aliphatic carbocycles. The highest BCUT2D eigenvalue weighted by Crippen LogP contribution is 2.60. The quantitative estimate of drug-likeness (QED) is 0.313. The Bertz CT molecular complexity index is 1190. The summed E-state index contributed by atoms with van der Waals surface area (Å²) in [4.78, 5) is 15.6. The number of aliphatic hydroxyl groups excluding tert-OH is 2. The van der Waals surface area contributed by atoms with Gasteiger partial charge in [-0.3, -0.25) is 4.79 Å². The summed E-state index contributed by atoms with van der Waals surface area (Å²) in [6.45, 7) is 11.7. The third kappa shape index (κ3) is 6.21. The molecular formula is C37H53NO4. The number of fused-ring (bicyclic) bond motifs is 1. The van der Waals surface area contributed by atoms with Gasteiger partial charge in [-0.25, -0.2) is 0 Å². The highest BCUT2D eigenvalue weighted by Gasteiger charge is 2.53. The Labute approximate surface area is 253 Å². The molecule has 1 heterocycles. The molecule has 230 valence electrons. The molecule has 0 bridgehead atoms. The molecule has 42 heavy (non-hydrogen) atoms. The summed E-state index contributed by atoms with van der Waals surface area (Å²) < 4.78 is 0. The van der Waals surface area contributed by atoms with Crippen LogP contribution >= 0.6 is 0 Å². The monoisotopic (exact) mass is 575 g/mol. The van der Waals surface area contributed by atoms with Crippen LogP contribution in [-0.4, -0.2) is 56.5 Å². The Morgan fingerprint density at radius 1 is 1.17 bits per heavy atom. The van der Waals surface area contributed by atoms with Crippen LogP contribution in [0.1, 0.15) is 97.0 Å². The molecule has 1 aliphatic heterocycles. The minimum absolute atomic E-state index is 0.0662. The second-order valence-corrected chi connectivity index (χ2v) is 14.3. The molecule has 0 spiro atoms. The van der Waals surface area contributed by atoms with Crippen LogP contribution in [0.5, 0.6) is 0 Å². The number of carbonyl (C=O) groups excluding carboxylic acids is 1. The van der Waals surface area contributed by atoms with Crippen LogP contribution in [0.4, 0.5) is 0 Å². The lowest BCUT2D eigenvalue weighted by atomic mass is 9.60. The maximum absolute atomic E-state index is 13.6. The molecule has 0 unspecified atom stereocenters. The van der Waals surface area contributed by atoms with Crippen molar-refractivity contribution in [2.75, 3.05) is 6.54 Å². The van der Waals surface area contributed by atoms with E-state index in [0.717, 1.165) is 36.8 Å². The molecule has 3 saturated carbocycles. The Kier molecular flexibility index (Phi) is 9.51. The van der Waals surface area contributed by atoms with Crippen molar-refractivity contribution in [3.05, 3.63) is 71.3 Å². The van der Waals surface area contributed by atoms with Gasteiger partial charge in [0.2, 0.25) is 0 Å². The van der Waals surface area contributed by atoms with Crippen LogP contribution in [0.25, 0.3) is 0 Å². The molecule has 4 aliphatic rings. The minimum atomic E-state index is -1.23. The molecule has 0 aromatic heterocycles. The molecule has 5 nitrogen and oxygen atoms in total. The van der Waals surface area contributed by atoms with Crippen LogP contribution in [0, 0.1) is 23.2 Å². The summed E-state index contributed by atoms with van der Waals surface area (Å²) in [5, 5.41) is 31.9. The summed E-state index contributed by atoms with van der Waals surface area (Å²) in [5.74, 6) is 1.52. The van der Waals surface area contributed by atoms with E-state index >= 15 is 0 Å². The zero-order valence-electron chi connectivity index (χ0n) is 26.1. The van der Waals surface area contributed by atoms with Crippen molar-refractivity contribution in [2.45, 2.75) is 122 Å². The second kappa shape index (κ2) is 12.8. The first-order chi connectivity index (χ1) is 20.1. The van der Waals surface area contributed by atoms with E-state index in [1.54, 1.807) is 0 Å². The van der Waals surface area contributed by atoms with E-state index < -0.39 is 17.8 Å². The summed E-state index contributed by atoms with van der Waals surface area (Å²) in [5.41, 5.74) is 3.46. The smallest absolute Gasteiger partial charge is 0.254 e. The van der Waals surface area contributed by atoms with Gasteiger partial charge in [-0.1, -0.05) is 81.8 Å². The van der Waals surface area contributed by atoms with Gasteiger partial charge in [-0.15, -0.1) is 0 Å². The number of allylic oxidation sites excluding steroid dienone is 3. The van der Waals surface area contributed by atoms with E-state index in [-0.39, 0.29) is 17.4 Å². The molecular weight excluding hydrogens is 522 g/mol. The van der Waals surface area contributed by atoms with Crippen LogP contribution in [0.2, 0.25) is 0 Å². The van der Waals surface area contributed by atoms with Crippen LogP contribution < -0.4 is 0 Å². The maximum Gasteiger partial charge on any atom is 0.254 e. The van der Waals surface area contributed by atoms with Crippen molar-refractivity contribution in [1.82, 2.24) is 4.90 Å². The van der Waals surface area contributed by atoms with Crippen molar-refractivity contribution in [3.8, 4) is 0 Å². The van der Waals surface area contributed by atoms with E-state index in [9.17, 15) is 20.1 Å². The fourth-order valence-electron chi connectivity index (χ4n) is 9.30. The molecule has 1 aromatic rings. The van der Waals surface area contributed by atoms with E-state index in [4.69, 9.17) is 0 Å². The molecule has 3 N–H and O–H groups in total. The highest BCUT2D eigenvalue weighted by molar-refractivity contribution is 5.87. The number of benzene rings is 1. The number of aliphatic hydroxyl groups is 3. The fraction of sp³-hybridized carbons (Fsp3) is 0.649. The first kappa shape index (κ1) is 31.2. The minimum Gasteiger partial charge on any atom is -0.393 e. The van der Waals surface area contributed by atoms with Crippen molar-refractivity contribution in [3.63, 3.8) is 0 Å². The third-order valence-corrected chi connectivity index (χ3v) is 11.5.